The van der Waals surface area contributed by atoms with Gasteiger partial charge in [-0.15, -0.1) is 0 Å². The zero-order valence-electron chi connectivity index (χ0n) is 18.5. The second-order valence-corrected chi connectivity index (χ2v) is 8.53. The molecule has 0 aliphatic carbocycles. The van der Waals surface area contributed by atoms with Crippen molar-refractivity contribution in [2.45, 2.75) is 45.7 Å². The Bertz CT molecular complexity index is 1130. The minimum atomic E-state index is -0.190. The summed E-state index contributed by atoms with van der Waals surface area (Å²) >= 11 is 6.06. The largest absolute Gasteiger partial charge is 0.305 e. The van der Waals surface area contributed by atoms with E-state index in [1.165, 1.54) is 0 Å². The standard InChI is InChI=1S/C26H26ClN3O2/c1-4-21-12-9-19(16-28-21)26(32)29-17(2)15-25(23-7-5-6-8-24(23)29)30(18(3)31)22-13-10-20(27)11-14-22/h5-14,16-17,25H,4,15H2,1-3H3/t17-,25+/m0/s1. The molecule has 2 amide bonds. The lowest BCUT2D eigenvalue weighted by Crippen LogP contribution is -2.47. The fourth-order valence-electron chi connectivity index (χ4n) is 4.42. The molecule has 4 rings (SSSR count). The maximum Gasteiger partial charge on any atom is 0.260 e. The number of nitrogens with zero attached hydrogens (tertiary/aromatic N) is 3. The van der Waals surface area contributed by atoms with Crippen LogP contribution in [0.15, 0.2) is 66.9 Å². The first kappa shape index (κ1) is 22.0. The van der Waals surface area contributed by atoms with E-state index in [9.17, 15) is 9.59 Å². The number of para-hydroxylation sites is 1. The van der Waals surface area contributed by atoms with Crippen LogP contribution < -0.4 is 9.80 Å². The third kappa shape index (κ3) is 4.13. The Labute approximate surface area is 193 Å². The molecule has 0 saturated carbocycles. The molecular formula is C26H26ClN3O2. The third-order valence-corrected chi connectivity index (χ3v) is 6.22. The van der Waals surface area contributed by atoms with Crippen molar-refractivity contribution in [3.63, 3.8) is 0 Å². The average molecular weight is 448 g/mol. The summed E-state index contributed by atoms with van der Waals surface area (Å²) < 4.78 is 0. The molecule has 1 aromatic heterocycles. The summed E-state index contributed by atoms with van der Waals surface area (Å²) in [6.07, 6.45) is 3.09. The van der Waals surface area contributed by atoms with Crippen LogP contribution in [0.25, 0.3) is 0 Å². The van der Waals surface area contributed by atoms with Crippen LogP contribution >= 0.6 is 11.6 Å². The van der Waals surface area contributed by atoms with Gasteiger partial charge in [0, 0.05) is 41.3 Å². The number of aryl methyl sites for hydroxylation is 1. The highest BCUT2D eigenvalue weighted by Crippen LogP contribution is 2.42. The Morgan fingerprint density at radius 3 is 2.44 bits per heavy atom. The number of pyridine rings is 1. The lowest BCUT2D eigenvalue weighted by Gasteiger charge is -2.43. The van der Waals surface area contributed by atoms with Crippen LogP contribution in [0.1, 0.15) is 54.8 Å². The molecule has 0 spiro atoms. The molecule has 0 radical (unpaired) electrons. The van der Waals surface area contributed by atoms with Crippen molar-refractivity contribution in [2.75, 3.05) is 9.80 Å². The predicted octanol–water partition coefficient (Wildman–Crippen LogP) is 5.83. The van der Waals surface area contributed by atoms with Gasteiger partial charge in [0.25, 0.3) is 5.91 Å². The lowest BCUT2D eigenvalue weighted by atomic mass is 9.89. The maximum atomic E-state index is 13.5. The van der Waals surface area contributed by atoms with E-state index in [1.807, 2.05) is 67.3 Å². The molecule has 0 bridgehead atoms. The molecule has 0 saturated heterocycles. The van der Waals surface area contributed by atoms with Gasteiger partial charge in [0.15, 0.2) is 0 Å². The van der Waals surface area contributed by atoms with Crippen LogP contribution in [-0.2, 0) is 11.2 Å². The lowest BCUT2D eigenvalue weighted by molar-refractivity contribution is -0.117. The van der Waals surface area contributed by atoms with E-state index in [2.05, 4.69) is 4.98 Å². The van der Waals surface area contributed by atoms with Gasteiger partial charge in [0.1, 0.15) is 0 Å². The van der Waals surface area contributed by atoms with Crippen LogP contribution in [0.4, 0.5) is 11.4 Å². The Hall–Kier alpha value is -3.18. The van der Waals surface area contributed by atoms with Gasteiger partial charge < -0.3 is 9.80 Å². The highest BCUT2D eigenvalue weighted by Gasteiger charge is 2.38. The van der Waals surface area contributed by atoms with Gasteiger partial charge in [-0.2, -0.15) is 0 Å². The van der Waals surface area contributed by atoms with E-state index >= 15 is 0 Å². The van der Waals surface area contributed by atoms with Crippen molar-refractivity contribution in [1.29, 1.82) is 0 Å². The molecule has 32 heavy (non-hydrogen) atoms. The minimum Gasteiger partial charge on any atom is -0.305 e. The molecule has 3 aromatic rings. The van der Waals surface area contributed by atoms with Crippen LogP contribution in [0.5, 0.6) is 0 Å². The van der Waals surface area contributed by atoms with Crippen LogP contribution in [0, 0.1) is 0 Å². The van der Waals surface area contributed by atoms with Crippen molar-refractivity contribution >= 4 is 34.8 Å². The normalized spacial score (nSPS) is 17.6. The molecule has 1 aliphatic heterocycles. The predicted molar refractivity (Wildman–Crippen MR) is 128 cm³/mol. The number of carbonyl (C=O) groups excluding carboxylic acids is 2. The molecule has 0 fully saturated rings. The maximum absolute atomic E-state index is 13.5. The van der Waals surface area contributed by atoms with Gasteiger partial charge >= 0.3 is 0 Å². The summed E-state index contributed by atoms with van der Waals surface area (Å²) in [4.78, 5) is 34.2. The highest BCUT2D eigenvalue weighted by atomic mass is 35.5. The zero-order valence-corrected chi connectivity index (χ0v) is 19.2. The van der Waals surface area contributed by atoms with E-state index in [0.29, 0.717) is 17.0 Å². The average Bonchev–Trinajstić information content (AvgIpc) is 2.80. The number of aromatic nitrogens is 1. The summed E-state index contributed by atoms with van der Waals surface area (Å²) in [6, 6.07) is 18.5. The fraction of sp³-hybridized carbons (Fsp3) is 0.269. The number of amides is 2. The van der Waals surface area contributed by atoms with Crippen molar-refractivity contribution in [1.82, 2.24) is 4.98 Å². The van der Waals surface area contributed by atoms with E-state index in [0.717, 1.165) is 29.1 Å². The minimum absolute atomic E-state index is 0.0570. The summed E-state index contributed by atoms with van der Waals surface area (Å²) in [5, 5.41) is 0.620. The van der Waals surface area contributed by atoms with Crippen LogP contribution in [0.3, 0.4) is 0 Å². The summed E-state index contributed by atoms with van der Waals surface area (Å²) in [5.74, 6) is -0.141. The number of carbonyl (C=O) groups is 2. The number of hydrogen-bond acceptors (Lipinski definition) is 3. The van der Waals surface area contributed by atoms with Gasteiger partial charge in [-0.3, -0.25) is 14.6 Å². The molecule has 0 N–H and O–H groups in total. The highest BCUT2D eigenvalue weighted by molar-refractivity contribution is 6.30. The molecule has 2 aromatic carbocycles. The molecule has 6 heteroatoms. The smallest absolute Gasteiger partial charge is 0.260 e. The second-order valence-electron chi connectivity index (χ2n) is 8.09. The number of benzene rings is 2. The van der Waals surface area contributed by atoms with Gasteiger partial charge in [0.05, 0.1) is 11.6 Å². The number of rotatable bonds is 4. The number of hydrogen-bond donors (Lipinski definition) is 0. The first-order valence-electron chi connectivity index (χ1n) is 10.8. The molecular weight excluding hydrogens is 422 g/mol. The molecule has 164 valence electrons. The number of fused-ring (bicyclic) bond motifs is 1. The van der Waals surface area contributed by atoms with Crippen molar-refractivity contribution < 1.29 is 9.59 Å². The monoisotopic (exact) mass is 447 g/mol. The van der Waals surface area contributed by atoms with Gasteiger partial charge in [-0.05, 0) is 67.8 Å². The van der Waals surface area contributed by atoms with Gasteiger partial charge in [0.2, 0.25) is 5.91 Å². The Kier molecular flexibility index (Phi) is 6.28. The third-order valence-electron chi connectivity index (χ3n) is 5.97. The van der Waals surface area contributed by atoms with E-state index < -0.39 is 0 Å². The molecule has 2 heterocycles. The first-order valence-corrected chi connectivity index (χ1v) is 11.2. The first-order chi connectivity index (χ1) is 15.4. The molecule has 5 nitrogen and oxygen atoms in total. The van der Waals surface area contributed by atoms with E-state index in [-0.39, 0.29) is 23.9 Å². The Balaban J connectivity index is 1.75. The van der Waals surface area contributed by atoms with Crippen molar-refractivity contribution in [3.05, 3.63) is 88.7 Å². The van der Waals surface area contributed by atoms with E-state index in [1.54, 1.807) is 30.2 Å². The van der Waals surface area contributed by atoms with E-state index in [4.69, 9.17) is 11.6 Å². The summed E-state index contributed by atoms with van der Waals surface area (Å²) in [6.45, 7) is 5.63. The molecule has 0 unspecified atom stereocenters. The van der Waals surface area contributed by atoms with Crippen LogP contribution in [0.2, 0.25) is 5.02 Å². The second kappa shape index (κ2) is 9.13. The number of anilines is 2. The molecule has 1 aliphatic rings. The quantitative estimate of drug-likeness (QED) is 0.505. The van der Waals surface area contributed by atoms with Crippen LogP contribution in [-0.4, -0.2) is 22.8 Å². The summed E-state index contributed by atoms with van der Waals surface area (Å²) in [7, 11) is 0. The van der Waals surface area contributed by atoms with Crippen molar-refractivity contribution in [3.8, 4) is 0 Å². The Morgan fingerprint density at radius 1 is 1.09 bits per heavy atom. The summed E-state index contributed by atoms with van der Waals surface area (Å²) in [5.41, 5.74) is 4.06. The van der Waals surface area contributed by atoms with Gasteiger partial charge in [-0.25, -0.2) is 0 Å². The number of halogens is 1. The topological polar surface area (TPSA) is 53.5 Å². The zero-order chi connectivity index (χ0) is 22.8. The fourth-order valence-corrected chi connectivity index (χ4v) is 4.54. The SMILES string of the molecule is CCc1ccc(C(=O)N2c3ccccc3[C@H](N(C(C)=O)c3ccc(Cl)cc3)C[C@@H]2C)cn1. The Morgan fingerprint density at radius 2 is 1.81 bits per heavy atom. The van der Waals surface area contributed by atoms with Gasteiger partial charge in [-0.1, -0.05) is 36.7 Å². The molecule has 2 atom stereocenters. The van der Waals surface area contributed by atoms with Crippen molar-refractivity contribution in [2.24, 2.45) is 0 Å².